The minimum absolute atomic E-state index is 0.257. The average Bonchev–Trinajstić information content (AvgIpc) is 2.78. The van der Waals surface area contributed by atoms with Crippen LogP contribution in [0.25, 0.3) is 22.5 Å². The van der Waals surface area contributed by atoms with Crippen molar-refractivity contribution in [2.45, 2.75) is 0 Å². The van der Waals surface area contributed by atoms with Crippen molar-refractivity contribution in [2.24, 2.45) is 0 Å². The van der Waals surface area contributed by atoms with Crippen molar-refractivity contribution in [3.63, 3.8) is 0 Å². The lowest BCUT2D eigenvalue weighted by Crippen LogP contribution is -1.76. The number of rotatable bonds is 1. The van der Waals surface area contributed by atoms with Crippen molar-refractivity contribution in [1.29, 1.82) is 0 Å². The topological polar surface area (TPSA) is 62.1 Å². The molecule has 0 radical (unpaired) electrons. The molecule has 3 rings (SSSR count). The third kappa shape index (κ3) is 1.27. The fraction of sp³-hybridized carbons (Fsp3) is 0. The van der Waals surface area contributed by atoms with Crippen LogP contribution in [-0.4, -0.2) is 15.1 Å². The molecule has 74 valence electrons. The van der Waals surface area contributed by atoms with E-state index in [-0.39, 0.29) is 5.75 Å². The Balaban J connectivity index is 2.13. The van der Waals surface area contributed by atoms with E-state index in [4.69, 9.17) is 9.52 Å². The van der Waals surface area contributed by atoms with Crippen molar-refractivity contribution < 1.29 is 9.52 Å². The molecule has 2 aromatic heterocycles. The van der Waals surface area contributed by atoms with Crippen molar-refractivity contribution in [3.05, 3.63) is 36.7 Å². The molecule has 4 heteroatoms. The number of phenols is 1. The van der Waals surface area contributed by atoms with Crippen molar-refractivity contribution in [2.75, 3.05) is 0 Å². The molecule has 0 spiro atoms. The van der Waals surface area contributed by atoms with Gasteiger partial charge in [-0.15, -0.1) is 0 Å². The maximum absolute atomic E-state index is 9.16. The molecule has 3 aromatic rings. The van der Waals surface area contributed by atoms with Crippen LogP contribution < -0.4 is 0 Å². The molecule has 0 aliphatic carbocycles. The van der Waals surface area contributed by atoms with Crippen LogP contribution in [0.3, 0.4) is 0 Å². The maximum Gasteiger partial charge on any atom is 0.183 e. The van der Waals surface area contributed by atoms with Gasteiger partial charge in [-0.25, -0.2) is 0 Å². The van der Waals surface area contributed by atoms with Crippen LogP contribution in [0.1, 0.15) is 0 Å². The number of aromatic nitrogens is 2. The van der Waals surface area contributed by atoms with Gasteiger partial charge in [-0.05, 0) is 29.8 Å². The summed E-state index contributed by atoms with van der Waals surface area (Å²) >= 11 is 0. The highest BCUT2D eigenvalue weighted by molar-refractivity contribution is 5.78. The number of nitrogens with zero attached hydrogens (tertiary/aromatic N) is 1. The molecule has 0 saturated heterocycles. The standard InChI is InChI=1S/C11H8N2O2/c14-8-3-1-7(2-4-8)9-5-10-11(13-9)12-6-15-10/h1-6,13-14H. The van der Waals surface area contributed by atoms with Gasteiger partial charge in [0, 0.05) is 6.07 Å². The van der Waals surface area contributed by atoms with Gasteiger partial charge in [0.25, 0.3) is 0 Å². The van der Waals surface area contributed by atoms with E-state index in [0.717, 1.165) is 22.5 Å². The van der Waals surface area contributed by atoms with Gasteiger partial charge in [0.15, 0.2) is 17.6 Å². The largest absolute Gasteiger partial charge is 0.508 e. The van der Waals surface area contributed by atoms with Crippen LogP contribution in [0.2, 0.25) is 0 Å². The number of benzene rings is 1. The lowest BCUT2D eigenvalue weighted by Gasteiger charge is -1.96. The molecule has 0 amide bonds. The van der Waals surface area contributed by atoms with E-state index in [1.165, 1.54) is 6.39 Å². The van der Waals surface area contributed by atoms with Gasteiger partial charge in [0.05, 0.1) is 5.69 Å². The maximum atomic E-state index is 9.16. The van der Waals surface area contributed by atoms with Crippen molar-refractivity contribution >= 4 is 11.2 Å². The fourth-order valence-corrected chi connectivity index (χ4v) is 1.54. The van der Waals surface area contributed by atoms with Gasteiger partial charge >= 0.3 is 0 Å². The molecule has 0 aliphatic rings. The minimum Gasteiger partial charge on any atom is -0.508 e. The summed E-state index contributed by atoms with van der Waals surface area (Å²) in [5.41, 5.74) is 3.38. The fourth-order valence-electron chi connectivity index (χ4n) is 1.54. The molecule has 15 heavy (non-hydrogen) atoms. The highest BCUT2D eigenvalue weighted by Gasteiger charge is 2.05. The summed E-state index contributed by atoms with van der Waals surface area (Å²) in [6.07, 6.45) is 1.40. The summed E-state index contributed by atoms with van der Waals surface area (Å²) in [4.78, 5) is 7.14. The Bertz CT molecular complexity index is 564. The van der Waals surface area contributed by atoms with Crippen molar-refractivity contribution in [3.8, 4) is 17.0 Å². The number of oxazole rings is 1. The van der Waals surface area contributed by atoms with Crippen LogP contribution in [0, 0.1) is 0 Å². The normalized spacial score (nSPS) is 10.9. The summed E-state index contributed by atoms with van der Waals surface area (Å²) in [6, 6.07) is 8.84. The number of aromatic hydroxyl groups is 1. The highest BCUT2D eigenvalue weighted by atomic mass is 16.3. The first-order valence-corrected chi connectivity index (χ1v) is 4.54. The Kier molecular flexibility index (Phi) is 1.56. The average molecular weight is 200 g/mol. The minimum atomic E-state index is 0.257. The molecule has 0 unspecified atom stereocenters. The zero-order chi connectivity index (χ0) is 10.3. The van der Waals surface area contributed by atoms with E-state index in [1.807, 2.05) is 18.2 Å². The second kappa shape index (κ2) is 2.88. The van der Waals surface area contributed by atoms with Crippen LogP contribution in [-0.2, 0) is 0 Å². The number of nitrogens with one attached hydrogen (secondary N) is 1. The summed E-state index contributed by atoms with van der Waals surface area (Å²) in [5.74, 6) is 0.257. The Labute approximate surface area is 85.2 Å². The zero-order valence-electron chi connectivity index (χ0n) is 7.77. The van der Waals surface area contributed by atoms with Gasteiger partial charge in [0.2, 0.25) is 0 Å². The molecule has 0 fully saturated rings. The van der Waals surface area contributed by atoms with E-state index < -0.39 is 0 Å². The summed E-state index contributed by atoms with van der Waals surface area (Å²) in [6.45, 7) is 0. The predicted molar refractivity (Wildman–Crippen MR) is 55.5 cm³/mol. The third-order valence-electron chi connectivity index (χ3n) is 2.30. The lowest BCUT2D eigenvalue weighted by molar-refractivity contribution is 0.475. The molecule has 4 nitrogen and oxygen atoms in total. The Hall–Kier alpha value is -2.23. The first-order chi connectivity index (χ1) is 7.33. The molecular weight excluding hydrogens is 192 g/mol. The summed E-state index contributed by atoms with van der Waals surface area (Å²) < 4.78 is 5.15. The van der Waals surface area contributed by atoms with Crippen molar-refractivity contribution in [1.82, 2.24) is 9.97 Å². The van der Waals surface area contributed by atoms with Gasteiger partial charge in [-0.2, -0.15) is 4.98 Å². The molecule has 0 atom stereocenters. The van der Waals surface area contributed by atoms with E-state index in [9.17, 15) is 0 Å². The van der Waals surface area contributed by atoms with Gasteiger partial charge in [0.1, 0.15) is 5.75 Å². The number of H-pyrrole nitrogens is 1. The molecule has 1 aromatic carbocycles. The quantitative estimate of drug-likeness (QED) is 0.634. The number of phenolic OH excluding ortho intramolecular Hbond substituents is 1. The van der Waals surface area contributed by atoms with Gasteiger partial charge in [-0.3, -0.25) is 0 Å². The molecule has 2 N–H and O–H groups in total. The first-order valence-electron chi connectivity index (χ1n) is 4.54. The van der Waals surface area contributed by atoms with Crippen LogP contribution in [0.15, 0.2) is 41.1 Å². The lowest BCUT2D eigenvalue weighted by atomic mass is 10.1. The molecule has 2 heterocycles. The van der Waals surface area contributed by atoms with Crippen LogP contribution in [0.4, 0.5) is 0 Å². The Morgan fingerprint density at radius 1 is 1.20 bits per heavy atom. The van der Waals surface area contributed by atoms with E-state index in [0.29, 0.717) is 0 Å². The molecular formula is C11H8N2O2. The predicted octanol–water partition coefficient (Wildman–Crippen LogP) is 2.53. The second-order valence-electron chi connectivity index (χ2n) is 3.30. The number of aromatic amines is 1. The molecule has 0 bridgehead atoms. The van der Waals surface area contributed by atoms with E-state index in [1.54, 1.807) is 12.1 Å². The monoisotopic (exact) mass is 200 g/mol. The van der Waals surface area contributed by atoms with Crippen LogP contribution in [0.5, 0.6) is 5.75 Å². The van der Waals surface area contributed by atoms with E-state index >= 15 is 0 Å². The number of fused-ring (bicyclic) bond motifs is 1. The summed E-state index contributed by atoms with van der Waals surface area (Å²) in [7, 11) is 0. The zero-order valence-corrected chi connectivity index (χ0v) is 7.77. The number of hydrogen-bond acceptors (Lipinski definition) is 3. The first kappa shape index (κ1) is 8.11. The smallest absolute Gasteiger partial charge is 0.183 e. The number of hydrogen-bond donors (Lipinski definition) is 2. The third-order valence-corrected chi connectivity index (χ3v) is 2.30. The molecule has 0 saturated carbocycles. The molecule has 0 aliphatic heterocycles. The SMILES string of the molecule is Oc1ccc(-c2cc3ocnc3[nH]2)cc1. The second-order valence-corrected chi connectivity index (χ2v) is 3.30. The van der Waals surface area contributed by atoms with Gasteiger partial charge < -0.3 is 14.5 Å². The highest BCUT2D eigenvalue weighted by Crippen LogP contribution is 2.24. The van der Waals surface area contributed by atoms with E-state index in [2.05, 4.69) is 9.97 Å². The van der Waals surface area contributed by atoms with Crippen LogP contribution >= 0.6 is 0 Å². The Morgan fingerprint density at radius 2 is 2.00 bits per heavy atom. The Morgan fingerprint density at radius 3 is 2.73 bits per heavy atom. The van der Waals surface area contributed by atoms with Gasteiger partial charge in [-0.1, -0.05) is 0 Å². The summed E-state index contributed by atoms with van der Waals surface area (Å²) in [5, 5.41) is 9.16.